The molecule has 1 amide bonds. The van der Waals surface area contributed by atoms with Gasteiger partial charge >= 0.3 is 0 Å². The first-order chi connectivity index (χ1) is 17.4. The van der Waals surface area contributed by atoms with Crippen molar-refractivity contribution >= 4 is 32.4 Å². The van der Waals surface area contributed by atoms with Crippen LogP contribution < -0.4 is 10.1 Å². The molecule has 3 aromatic carbocycles. The minimum absolute atomic E-state index is 0.142. The van der Waals surface area contributed by atoms with E-state index in [0.717, 1.165) is 22.6 Å². The molecular weight excluding hydrogens is 494 g/mol. The molecule has 0 aliphatic heterocycles. The van der Waals surface area contributed by atoms with Crippen LogP contribution >= 0.6 is 11.3 Å². The van der Waals surface area contributed by atoms with E-state index in [2.05, 4.69) is 10.3 Å². The average molecular weight is 522 g/mol. The zero-order valence-corrected chi connectivity index (χ0v) is 21.7. The van der Waals surface area contributed by atoms with Crippen LogP contribution in [-0.4, -0.2) is 36.8 Å². The standard InChI is InChI=1S/C27H27N3O4S2/c1-3-30(18-20-8-6-5-7-9-20)36(32,33)24-16-12-22(13-17-24)26(31)29-27-28-25(19-35-27)21-10-14-23(15-11-21)34-4-2/h5-17,19H,3-4,18H2,1-2H3,(H,28,29,31). The van der Waals surface area contributed by atoms with Crippen LogP contribution in [0.4, 0.5) is 5.13 Å². The number of rotatable bonds is 10. The van der Waals surface area contributed by atoms with Crippen LogP contribution in [0.2, 0.25) is 0 Å². The maximum absolute atomic E-state index is 13.1. The number of aromatic nitrogens is 1. The number of hydrogen-bond acceptors (Lipinski definition) is 6. The number of sulfonamides is 1. The van der Waals surface area contributed by atoms with Gasteiger partial charge in [-0.1, -0.05) is 37.3 Å². The van der Waals surface area contributed by atoms with Crippen molar-refractivity contribution in [2.24, 2.45) is 0 Å². The quantitative estimate of drug-likeness (QED) is 0.290. The summed E-state index contributed by atoms with van der Waals surface area (Å²) in [7, 11) is -3.70. The van der Waals surface area contributed by atoms with Gasteiger partial charge in [-0.25, -0.2) is 13.4 Å². The lowest BCUT2D eigenvalue weighted by Crippen LogP contribution is -2.30. The summed E-state index contributed by atoms with van der Waals surface area (Å²) < 4.78 is 33.2. The van der Waals surface area contributed by atoms with E-state index in [1.165, 1.54) is 39.9 Å². The van der Waals surface area contributed by atoms with Gasteiger partial charge in [0.2, 0.25) is 10.0 Å². The van der Waals surface area contributed by atoms with Crippen molar-refractivity contribution in [2.75, 3.05) is 18.5 Å². The Morgan fingerprint density at radius 2 is 1.67 bits per heavy atom. The number of carbonyl (C=O) groups excluding carboxylic acids is 1. The molecule has 7 nitrogen and oxygen atoms in total. The van der Waals surface area contributed by atoms with Crippen molar-refractivity contribution in [1.82, 2.24) is 9.29 Å². The topological polar surface area (TPSA) is 88.6 Å². The number of hydrogen-bond donors (Lipinski definition) is 1. The minimum Gasteiger partial charge on any atom is -0.494 e. The Hall–Kier alpha value is -3.53. The molecule has 186 valence electrons. The van der Waals surface area contributed by atoms with Crippen molar-refractivity contribution < 1.29 is 17.9 Å². The summed E-state index contributed by atoms with van der Waals surface area (Å²) in [5.41, 5.74) is 2.92. The Morgan fingerprint density at radius 1 is 0.972 bits per heavy atom. The summed E-state index contributed by atoms with van der Waals surface area (Å²) in [6, 6.07) is 23.0. The first-order valence-electron chi connectivity index (χ1n) is 11.5. The van der Waals surface area contributed by atoms with Gasteiger partial charge in [0.25, 0.3) is 5.91 Å². The highest BCUT2D eigenvalue weighted by atomic mass is 32.2. The lowest BCUT2D eigenvalue weighted by molar-refractivity contribution is 0.102. The third-order valence-corrected chi connectivity index (χ3v) is 8.19. The SMILES string of the molecule is CCOc1ccc(-c2csc(NC(=O)c3ccc(S(=O)(=O)N(CC)Cc4ccccc4)cc3)n2)cc1. The van der Waals surface area contributed by atoms with Crippen molar-refractivity contribution in [2.45, 2.75) is 25.3 Å². The molecule has 0 saturated carbocycles. The molecule has 0 radical (unpaired) electrons. The minimum atomic E-state index is -3.70. The molecule has 0 unspecified atom stereocenters. The Labute approximate surface area is 215 Å². The van der Waals surface area contributed by atoms with Gasteiger partial charge in [0.15, 0.2) is 5.13 Å². The van der Waals surface area contributed by atoms with Crippen LogP contribution in [0, 0.1) is 0 Å². The number of benzene rings is 3. The second-order valence-corrected chi connectivity index (χ2v) is 10.7. The molecule has 4 rings (SSSR count). The molecule has 0 fully saturated rings. The predicted molar refractivity (Wildman–Crippen MR) is 143 cm³/mol. The summed E-state index contributed by atoms with van der Waals surface area (Å²) in [5.74, 6) is 0.431. The Balaban J connectivity index is 1.43. The number of carbonyl (C=O) groups is 1. The molecule has 36 heavy (non-hydrogen) atoms. The van der Waals surface area contributed by atoms with Crippen LogP contribution in [0.1, 0.15) is 29.8 Å². The third-order valence-electron chi connectivity index (χ3n) is 5.49. The van der Waals surface area contributed by atoms with E-state index in [4.69, 9.17) is 4.74 Å². The Morgan fingerprint density at radius 3 is 2.31 bits per heavy atom. The maximum Gasteiger partial charge on any atom is 0.257 e. The zero-order valence-electron chi connectivity index (χ0n) is 20.0. The molecule has 0 atom stereocenters. The second-order valence-electron chi connectivity index (χ2n) is 7.89. The fraction of sp³-hybridized carbons (Fsp3) is 0.185. The number of amides is 1. The molecule has 0 bridgehead atoms. The third kappa shape index (κ3) is 5.99. The summed E-state index contributed by atoms with van der Waals surface area (Å²) in [6.07, 6.45) is 0. The van der Waals surface area contributed by atoms with Crippen molar-refractivity contribution in [3.05, 3.63) is 95.4 Å². The monoisotopic (exact) mass is 521 g/mol. The van der Waals surface area contributed by atoms with E-state index >= 15 is 0 Å². The lowest BCUT2D eigenvalue weighted by atomic mass is 10.2. The van der Waals surface area contributed by atoms with Gasteiger partial charge in [0.05, 0.1) is 17.2 Å². The van der Waals surface area contributed by atoms with E-state index in [1.54, 1.807) is 6.92 Å². The maximum atomic E-state index is 13.1. The molecule has 0 aliphatic carbocycles. The molecule has 0 aliphatic rings. The predicted octanol–water partition coefficient (Wildman–Crippen LogP) is 5.67. The molecule has 9 heteroatoms. The molecule has 0 saturated heterocycles. The Bertz CT molecular complexity index is 1400. The van der Waals surface area contributed by atoms with E-state index in [-0.39, 0.29) is 17.3 Å². The number of ether oxygens (including phenoxy) is 1. The average Bonchev–Trinajstić information content (AvgIpc) is 3.37. The highest BCUT2D eigenvalue weighted by Gasteiger charge is 2.23. The second kappa shape index (κ2) is 11.5. The summed E-state index contributed by atoms with van der Waals surface area (Å²) in [5, 5.41) is 5.12. The molecular formula is C27H27N3O4S2. The van der Waals surface area contributed by atoms with Gasteiger partial charge in [0.1, 0.15) is 5.75 Å². The summed E-state index contributed by atoms with van der Waals surface area (Å²) in [6.45, 7) is 4.95. The first kappa shape index (κ1) is 25.6. The largest absolute Gasteiger partial charge is 0.494 e. The van der Waals surface area contributed by atoms with Gasteiger partial charge in [-0.3, -0.25) is 10.1 Å². The van der Waals surface area contributed by atoms with Crippen LogP contribution in [-0.2, 0) is 16.6 Å². The molecule has 1 N–H and O–H groups in total. The van der Waals surface area contributed by atoms with Gasteiger partial charge < -0.3 is 4.74 Å². The number of thiazole rings is 1. The van der Waals surface area contributed by atoms with Gasteiger partial charge in [0, 0.05) is 29.6 Å². The number of nitrogens with one attached hydrogen (secondary N) is 1. The van der Waals surface area contributed by atoms with Crippen LogP contribution in [0.15, 0.2) is 89.1 Å². The van der Waals surface area contributed by atoms with E-state index in [9.17, 15) is 13.2 Å². The van der Waals surface area contributed by atoms with E-state index in [0.29, 0.717) is 23.8 Å². The highest BCUT2D eigenvalue weighted by Crippen LogP contribution is 2.27. The summed E-state index contributed by atoms with van der Waals surface area (Å²) in [4.78, 5) is 17.4. The molecule has 1 aromatic heterocycles. The van der Waals surface area contributed by atoms with Crippen molar-refractivity contribution in [3.8, 4) is 17.0 Å². The van der Waals surface area contributed by atoms with Crippen LogP contribution in [0.5, 0.6) is 5.75 Å². The molecule has 0 spiro atoms. The molecule has 4 aromatic rings. The lowest BCUT2D eigenvalue weighted by Gasteiger charge is -2.20. The zero-order chi connectivity index (χ0) is 25.5. The fourth-order valence-corrected chi connectivity index (χ4v) is 5.75. The number of nitrogens with zero attached hydrogens (tertiary/aromatic N) is 2. The Kier molecular flexibility index (Phi) is 8.14. The van der Waals surface area contributed by atoms with Crippen molar-refractivity contribution in [3.63, 3.8) is 0 Å². The normalized spacial score (nSPS) is 11.4. The van der Waals surface area contributed by atoms with Crippen molar-refractivity contribution in [1.29, 1.82) is 0 Å². The first-order valence-corrected chi connectivity index (χ1v) is 13.9. The van der Waals surface area contributed by atoms with E-state index in [1.807, 2.05) is 66.9 Å². The molecule has 1 heterocycles. The van der Waals surface area contributed by atoms with Gasteiger partial charge in [-0.2, -0.15) is 4.31 Å². The highest BCUT2D eigenvalue weighted by molar-refractivity contribution is 7.89. The van der Waals surface area contributed by atoms with Gasteiger partial charge in [-0.05, 0) is 61.0 Å². The van der Waals surface area contributed by atoms with Crippen LogP contribution in [0.3, 0.4) is 0 Å². The van der Waals surface area contributed by atoms with Crippen LogP contribution in [0.25, 0.3) is 11.3 Å². The smallest absolute Gasteiger partial charge is 0.257 e. The van der Waals surface area contributed by atoms with Gasteiger partial charge in [-0.15, -0.1) is 11.3 Å². The summed E-state index contributed by atoms with van der Waals surface area (Å²) >= 11 is 1.32. The fourth-order valence-electron chi connectivity index (χ4n) is 3.60. The number of anilines is 1. The van der Waals surface area contributed by atoms with E-state index < -0.39 is 10.0 Å².